The quantitative estimate of drug-likeness (QED) is 0.330. The smallest absolute Gasteiger partial charge is 0.311 e. The van der Waals surface area contributed by atoms with Crippen molar-refractivity contribution < 1.29 is 58.1 Å². The van der Waals surface area contributed by atoms with Crippen molar-refractivity contribution in [1.29, 1.82) is 0 Å². The first-order valence-electron chi connectivity index (χ1n) is 18.3. The lowest BCUT2D eigenvalue weighted by molar-refractivity contribution is -0.310. The Morgan fingerprint density at radius 3 is 2.08 bits per heavy atom. The Morgan fingerprint density at radius 1 is 0.860 bits per heavy atom. The van der Waals surface area contributed by atoms with Gasteiger partial charge in [-0.1, -0.05) is 20.8 Å². The van der Waals surface area contributed by atoms with Crippen LogP contribution < -0.4 is 0 Å². The molecule has 4 fully saturated rings. The number of hydrogen-bond acceptors (Lipinski definition) is 13. The highest BCUT2D eigenvalue weighted by Gasteiger charge is 2.63. The Labute approximate surface area is 298 Å². The lowest BCUT2D eigenvalue weighted by atomic mass is 9.74. The molecule has 3 unspecified atom stereocenters. The predicted octanol–water partition coefficient (Wildman–Crippen LogP) is 2.69. The Hall–Kier alpha value is -1.26. The Morgan fingerprint density at radius 2 is 1.50 bits per heavy atom. The molecule has 18 atom stereocenters. The minimum atomic E-state index is -1.94. The number of aliphatic hydroxyl groups is 3. The maximum Gasteiger partial charge on any atom is 0.311 e. The van der Waals surface area contributed by atoms with Crippen LogP contribution in [0.3, 0.4) is 0 Å². The monoisotopic (exact) mass is 715 g/mol. The highest BCUT2D eigenvalue weighted by atomic mass is 16.7. The summed E-state index contributed by atoms with van der Waals surface area (Å²) in [5, 5.41) is 34.3. The summed E-state index contributed by atoms with van der Waals surface area (Å²) in [6.45, 7) is 15.5. The lowest BCUT2D eigenvalue weighted by Crippen LogP contribution is -2.60. The second kappa shape index (κ2) is 15.6. The SMILES string of the molecule is COC12C[C@H](O[C@H]3[C@H](C)[C@@H](O[C@@H]4O[C@H](C)CC(N(C)C)C4O)[C@](C)(OC)C[C@@H](C)C(=O)[C@H](C)[C@@H](O)[C@](C)(O)[C@@H](C)OC(=O)[C@@H]3C)O[C@H](C)[C@@H]1C2. The molecule has 0 amide bonds. The third-order valence-corrected chi connectivity index (χ3v) is 12.6. The number of hydrogen-bond donors (Lipinski definition) is 3. The van der Waals surface area contributed by atoms with Crippen molar-refractivity contribution in [2.24, 2.45) is 29.6 Å². The molecule has 50 heavy (non-hydrogen) atoms. The second-order valence-electron chi connectivity index (χ2n) is 16.5. The molecular weight excluding hydrogens is 650 g/mol. The Kier molecular flexibility index (Phi) is 13.0. The summed E-state index contributed by atoms with van der Waals surface area (Å²) in [5.74, 6) is -3.93. The normalized spacial score (nSPS) is 51.1. The van der Waals surface area contributed by atoms with Crippen LogP contribution in [0.15, 0.2) is 0 Å². The molecule has 0 spiro atoms. The highest BCUT2D eigenvalue weighted by Crippen LogP contribution is 2.56. The molecule has 1 saturated carbocycles. The van der Waals surface area contributed by atoms with Gasteiger partial charge < -0.3 is 53.4 Å². The standard InChI is InChI=1S/C37H65NO12/c1-18-15-35(8,44-12)32(50-34-29(40)26(38(10)11)14-19(2)46-34)21(4)30(49-27-17-37(45-13)16-25(37)23(6)47-27)22(5)33(42)48-24(7)36(9,43)31(41)20(3)28(18)39/h18-27,29-32,34,40-41,43H,14-17H2,1-13H3/t18-,19-,20+,21+,22-,23-,24-,25+,26?,27+,29?,30+,31-,32-,34+,35-,36-,37?/m1/s1. The molecule has 4 rings (SSSR count). The zero-order chi connectivity index (χ0) is 37.7. The topological polar surface area (TPSA) is 163 Å². The van der Waals surface area contributed by atoms with E-state index in [4.69, 9.17) is 33.2 Å². The molecule has 0 radical (unpaired) electrons. The molecule has 0 bridgehead atoms. The number of cyclic esters (lactones) is 1. The van der Waals surface area contributed by atoms with Gasteiger partial charge in [0.05, 0.1) is 47.6 Å². The van der Waals surface area contributed by atoms with Crippen molar-refractivity contribution in [3.63, 3.8) is 0 Å². The van der Waals surface area contributed by atoms with E-state index in [0.717, 1.165) is 6.42 Å². The van der Waals surface area contributed by atoms with Gasteiger partial charge in [-0.05, 0) is 74.9 Å². The number of ether oxygens (including phenoxy) is 7. The van der Waals surface area contributed by atoms with Crippen molar-refractivity contribution in [3.8, 4) is 0 Å². The number of esters is 1. The van der Waals surface area contributed by atoms with Crippen LogP contribution in [0.25, 0.3) is 0 Å². The van der Waals surface area contributed by atoms with Gasteiger partial charge in [0, 0.05) is 50.4 Å². The van der Waals surface area contributed by atoms with Crippen LogP contribution in [0.4, 0.5) is 0 Å². The predicted molar refractivity (Wildman–Crippen MR) is 183 cm³/mol. The fraction of sp³-hybridized carbons (Fsp3) is 0.946. The average Bonchev–Trinajstić information content (AvgIpc) is 3.80. The summed E-state index contributed by atoms with van der Waals surface area (Å²) in [7, 11) is 7.02. The summed E-state index contributed by atoms with van der Waals surface area (Å²) in [5.41, 5.74) is -3.51. The fourth-order valence-electron chi connectivity index (χ4n) is 8.78. The van der Waals surface area contributed by atoms with E-state index in [2.05, 4.69) is 0 Å². The van der Waals surface area contributed by atoms with E-state index < -0.39 is 83.9 Å². The number of carbonyl (C=O) groups is 2. The van der Waals surface area contributed by atoms with Crippen LogP contribution in [-0.2, 0) is 42.7 Å². The highest BCUT2D eigenvalue weighted by molar-refractivity contribution is 5.83. The number of Topliss-reactive ketones (excluding diaryl/α,β-unsaturated/α-hetero) is 1. The first kappa shape index (κ1) is 41.5. The van der Waals surface area contributed by atoms with Gasteiger partial charge >= 0.3 is 5.97 Å². The van der Waals surface area contributed by atoms with E-state index in [9.17, 15) is 24.9 Å². The minimum Gasteiger partial charge on any atom is -0.459 e. The van der Waals surface area contributed by atoms with Crippen molar-refractivity contribution in [1.82, 2.24) is 4.90 Å². The number of methoxy groups -OCH3 is 2. The van der Waals surface area contributed by atoms with Crippen molar-refractivity contribution >= 4 is 11.8 Å². The lowest BCUT2D eigenvalue weighted by Gasteiger charge is -2.49. The minimum absolute atomic E-state index is 0.137. The number of fused-ring (bicyclic) bond motifs is 1. The van der Waals surface area contributed by atoms with Crippen LogP contribution in [0.5, 0.6) is 0 Å². The third-order valence-electron chi connectivity index (χ3n) is 12.6. The van der Waals surface area contributed by atoms with E-state index in [1.54, 1.807) is 27.9 Å². The second-order valence-corrected chi connectivity index (χ2v) is 16.5. The van der Waals surface area contributed by atoms with Crippen LogP contribution in [-0.4, -0.2) is 138 Å². The van der Waals surface area contributed by atoms with Gasteiger partial charge in [-0.15, -0.1) is 0 Å². The number of likely N-dealkylation sites (N-methyl/N-ethyl adjacent to an activating group) is 1. The molecule has 1 aliphatic carbocycles. The zero-order valence-corrected chi connectivity index (χ0v) is 32.5. The molecule has 3 aliphatic heterocycles. The van der Waals surface area contributed by atoms with Gasteiger partial charge in [0.1, 0.15) is 23.6 Å². The molecule has 3 N–H and O–H groups in total. The van der Waals surface area contributed by atoms with Crippen LogP contribution in [0, 0.1) is 29.6 Å². The number of carbonyl (C=O) groups excluding carboxylic acids is 2. The van der Waals surface area contributed by atoms with Crippen molar-refractivity contribution in [3.05, 3.63) is 0 Å². The summed E-state index contributed by atoms with van der Waals surface area (Å²) in [4.78, 5) is 29.8. The molecule has 290 valence electrons. The summed E-state index contributed by atoms with van der Waals surface area (Å²) < 4.78 is 44.2. The van der Waals surface area contributed by atoms with E-state index in [1.807, 2.05) is 46.7 Å². The fourth-order valence-corrected chi connectivity index (χ4v) is 8.78. The third kappa shape index (κ3) is 8.12. The van der Waals surface area contributed by atoms with E-state index >= 15 is 0 Å². The Balaban J connectivity index is 1.81. The van der Waals surface area contributed by atoms with Gasteiger partial charge in [0.2, 0.25) is 0 Å². The zero-order valence-electron chi connectivity index (χ0n) is 32.5. The van der Waals surface area contributed by atoms with E-state index in [-0.39, 0.29) is 42.0 Å². The van der Waals surface area contributed by atoms with Crippen LogP contribution in [0.2, 0.25) is 0 Å². The van der Waals surface area contributed by atoms with Crippen LogP contribution in [0.1, 0.15) is 88.0 Å². The maximum absolute atomic E-state index is 14.0. The van der Waals surface area contributed by atoms with Crippen molar-refractivity contribution in [2.75, 3.05) is 28.3 Å². The molecule has 0 aromatic carbocycles. The molecule has 4 aliphatic rings. The molecular formula is C37H65NO12. The van der Waals surface area contributed by atoms with Gasteiger partial charge in [-0.25, -0.2) is 0 Å². The number of ketones is 1. The van der Waals surface area contributed by atoms with Crippen LogP contribution >= 0.6 is 0 Å². The van der Waals surface area contributed by atoms with E-state index in [0.29, 0.717) is 12.8 Å². The molecule has 3 saturated heterocycles. The van der Waals surface area contributed by atoms with Crippen molar-refractivity contribution in [2.45, 2.75) is 166 Å². The molecule has 13 nitrogen and oxygen atoms in total. The first-order valence-corrected chi connectivity index (χ1v) is 18.3. The number of nitrogens with zero attached hydrogens (tertiary/aromatic N) is 1. The molecule has 3 heterocycles. The van der Waals surface area contributed by atoms with Gasteiger partial charge in [-0.2, -0.15) is 0 Å². The Bertz CT molecular complexity index is 1190. The van der Waals surface area contributed by atoms with Gasteiger partial charge in [-0.3, -0.25) is 9.59 Å². The van der Waals surface area contributed by atoms with E-state index in [1.165, 1.54) is 21.0 Å². The summed E-state index contributed by atoms with van der Waals surface area (Å²) >= 11 is 0. The number of rotatable bonds is 7. The van der Waals surface area contributed by atoms with Gasteiger partial charge in [0.25, 0.3) is 0 Å². The number of aliphatic hydroxyl groups excluding tert-OH is 2. The maximum atomic E-state index is 14.0. The summed E-state index contributed by atoms with van der Waals surface area (Å²) in [6, 6.07) is -0.252. The molecule has 13 heteroatoms. The molecule has 0 aromatic heterocycles. The van der Waals surface area contributed by atoms with Gasteiger partial charge in [0.15, 0.2) is 12.6 Å². The first-order chi connectivity index (χ1) is 23.1. The summed E-state index contributed by atoms with van der Waals surface area (Å²) in [6.07, 6.45) is -5.62. The largest absolute Gasteiger partial charge is 0.459 e. The average molecular weight is 716 g/mol. The molecule has 0 aromatic rings.